The lowest BCUT2D eigenvalue weighted by atomic mass is 9.86. The molecule has 1 N–H and O–H groups in total. The van der Waals surface area contributed by atoms with E-state index in [9.17, 15) is 23.2 Å². The smallest absolute Gasteiger partial charge is 0.356 e. The number of carbonyl (C=O) groups is 1. The molecule has 0 fully saturated rings. The molecule has 0 aliphatic carbocycles. The molecule has 0 saturated heterocycles. The third-order valence-electron chi connectivity index (χ3n) is 4.37. The van der Waals surface area contributed by atoms with E-state index in [-0.39, 0.29) is 11.3 Å². The van der Waals surface area contributed by atoms with Crippen LogP contribution in [0.25, 0.3) is 5.57 Å². The number of allylic oxidation sites excluding steroid dienone is 2. The zero-order valence-corrected chi connectivity index (χ0v) is 17.3. The average molecular weight is 403 g/mol. The molecule has 1 amide bonds. The molecular weight excluding hydrogens is 379 g/mol. The molecule has 2 aromatic rings. The Morgan fingerprint density at radius 1 is 1.07 bits per heavy atom. The Bertz CT molecular complexity index is 995. The van der Waals surface area contributed by atoms with Gasteiger partial charge in [0.05, 0.1) is 16.7 Å². The molecule has 154 valence electrons. The van der Waals surface area contributed by atoms with Crippen LogP contribution in [-0.2, 0) is 13.2 Å². The molecule has 0 bridgehead atoms. The Morgan fingerprint density at radius 2 is 1.62 bits per heavy atom. The zero-order chi connectivity index (χ0) is 22.1. The van der Waals surface area contributed by atoms with Gasteiger partial charge in [-0.15, -0.1) is 0 Å². The molecule has 0 spiro atoms. The van der Waals surface area contributed by atoms with Crippen molar-refractivity contribution in [2.45, 2.75) is 40.8 Å². The summed E-state index contributed by atoms with van der Waals surface area (Å²) in [4.78, 5) is 12.8. The van der Waals surface area contributed by atoms with Gasteiger partial charge in [-0.25, -0.2) is 0 Å². The van der Waals surface area contributed by atoms with Crippen LogP contribution >= 0.6 is 0 Å². The van der Waals surface area contributed by atoms with Crippen LogP contribution in [0, 0.1) is 30.6 Å². The van der Waals surface area contributed by atoms with Gasteiger partial charge in [0.25, 0.3) is 5.91 Å². The minimum Gasteiger partial charge on any atom is -0.356 e. The van der Waals surface area contributed by atoms with Crippen LogP contribution in [0.15, 0.2) is 36.3 Å². The lowest BCUT2D eigenvalue weighted by Gasteiger charge is -2.26. The van der Waals surface area contributed by atoms with Gasteiger partial charge in [-0.05, 0) is 19.4 Å². The zero-order valence-electron chi connectivity index (χ0n) is 17.3. The fourth-order valence-electron chi connectivity index (χ4n) is 3.18. The number of hydrogen-bond donors (Lipinski definition) is 1. The maximum atomic E-state index is 13.3. The first-order valence-corrected chi connectivity index (χ1v) is 9.02. The van der Waals surface area contributed by atoms with Gasteiger partial charge in [-0.3, -0.25) is 4.79 Å². The van der Waals surface area contributed by atoms with Crippen molar-refractivity contribution in [3.8, 4) is 6.07 Å². The fraction of sp³-hybridized carbons (Fsp3) is 0.364. The van der Waals surface area contributed by atoms with Crippen LogP contribution in [0.3, 0.4) is 0 Å². The molecule has 1 heterocycles. The van der Waals surface area contributed by atoms with Gasteiger partial charge in [0.2, 0.25) is 0 Å². The molecule has 0 saturated carbocycles. The van der Waals surface area contributed by atoms with Crippen molar-refractivity contribution in [1.29, 1.82) is 5.26 Å². The van der Waals surface area contributed by atoms with E-state index in [1.807, 2.05) is 32.0 Å². The topological polar surface area (TPSA) is 57.8 Å². The first kappa shape index (κ1) is 22.3. The highest BCUT2D eigenvalue weighted by molar-refractivity contribution is 5.98. The Balaban J connectivity index is 2.62. The van der Waals surface area contributed by atoms with E-state index in [1.165, 1.54) is 11.6 Å². The lowest BCUT2D eigenvalue weighted by molar-refractivity contribution is -0.137. The van der Waals surface area contributed by atoms with Gasteiger partial charge >= 0.3 is 6.18 Å². The van der Waals surface area contributed by atoms with E-state index < -0.39 is 28.6 Å². The molecule has 1 aromatic heterocycles. The van der Waals surface area contributed by atoms with Crippen molar-refractivity contribution in [3.63, 3.8) is 0 Å². The molecule has 0 radical (unpaired) electrons. The van der Waals surface area contributed by atoms with Crippen LogP contribution in [0.1, 0.15) is 53.4 Å². The van der Waals surface area contributed by atoms with Gasteiger partial charge in [-0.1, -0.05) is 50.1 Å². The number of rotatable bonds is 3. The predicted octanol–water partition coefficient (Wildman–Crippen LogP) is 5.37. The largest absolute Gasteiger partial charge is 0.418 e. The van der Waals surface area contributed by atoms with Crippen molar-refractivity contribution < 1.29 is 18.0 Å². The molecule has 4 nitrogen and oxygen atoms in total. The number of nitriles is 1. The van der Waals surface area contributed by atoms with Gasteiger partial charge in [0.15, 0.2) is 0 Å². The van der Waals surface area contributed by atoms with E-state index in [1.54, 1.807) is 20.8 Å². The van der Waals surface area contributed by atoms with Crippen LogP contribution in [-0.4, -0.2) is 10.5 Å². The van der Waals surface area contributed by atoms with E-state index >= 15 is 0 Å². The molecule has 0 unspecified atom stereocenters. The summed E-state index contributed by atoms with van der Waals surface area (Å²) in [7, 11) is 1.42. The highest BCUT2D eigenvalue weighted by Gasteiger charge is 2.37. The molecular formula is C22H24F3N3O. The number of nitrogens with zero attached hydrogens (tertiary/aromatic N) is 2. The number of hydrogen-bond acceptors (Lipinski definition) is 2. The quantitative estimate of drug-likeness (QED) is 0.701. The third-order valence-corrected chi connectivity index (χ3v) is 4.37. The van der Waals surface area contributed by atoms with Crippen LogP contribution in [0.4, 0.5) is 13.2 Å². The summed E-state index contributed by atoms with van der Waals surface area (Å²) in [5, 5.41) is 12.4. The monoisotopic (exact) mass is 403 g/mol. The van der Waals surface area contributed by atoms with Gasteiger partial charge < -0.3 is 9.88 Å². The Morgan fingerprint density at radius 3 is 2.07 bits per heavy atom. The van der Waals surface area contributed by atoms with E-state index in [4.69, 9.17) is 0 Å². The second-order valence-electron chi connectivity index (χ2n) is 8.19. The average Bonchev–Trinajstić information content (AvgIpc) is 2.95. The first-order chi connectivity index (χ1) is 13.2. The number of carbonyl (C=O) groups excluding carboxylic acids is 1. The molecule has 0 aliphatic heterocycles. The van der Waals surface area contributed by atoms with E-state index in [0.29, 0.717) is 5.56 Å². The number of aromatic nitrogens is 1. The molecule has 0 aliphatic rings. The minimum atomic E-state index is -4.66. The molecule has 2 rings (SSSR count). The molecule has 1 aromatic carbocycles. The second-order valence-corrected chi connectivity index (χ2v) is 8.19. The molecule has 7 heteroatoms. The summed E-state index contributed by atoms with van der Waals surface area (Å²) in [5.41, 5.74) is 0.791. The number of halogens is 3. The standard InChI is InChI=1S/C22H24F3N3O/c1-13-7-14(2)9-15(8-13)16(10-26)19(21(3,4)5)27-20(29)17-11-28(6)12-18(17)22(23,24)25/h7-9,11-12H,1-6H3,(H,27,29)/b19-16-. The summed E-state index contributed by atoms with van der Waals surface area (Å²) >= 11 is 0. The van der Waals surface area contributed by atoms with Crippen LogP contribution in [0.5, 0.6) is 0 Å². The summed E-state index contributed by atoms with van der Waals surface area (Å²) in [6.07, 6.45) is -2.67. The number of aryl methyl sites for hydroxylation is 3. The van der Waals surface area contributed by atoms with Crippen LogP contribution in [0.2, 0.25) is 0 Å². The molecule has 29 heavy (non-hydrogen) atoms. The predicted molar refractivity (Wildman–Crippen MR) is 106 cm³/mol. The summed E-state index contributed by atoms with van der Waals surface area (Å²) in [6.45, 7) is 9.15. The Kier molecular flexibility index (Phi) is 5.98. The van der Waals surface area contributed by atoms with Crippen molar-refractivity contribution in [2.75, 3.05) is 0 Å². The Labute approximate surface area is 168 Å². The van der Waals surface area contributed by atoms with Gasteiger partial charge in [0.1, 0.15) is 6.07 Å². The SMILES string of the molecule is Cc1cc(C)cc(/C(C#N)=C(\NC(=O)c2cn(C)cc2C(F)(F)F)C(C)(C)C)c1. The van der Waals surface area contributed by atoms with Crippen molar-refractivity contribution in [1.82, 2.24) is 9.88 Å². The maximum absolute atomic E-state index is 13.3. The van der Waals surface area contributed by atoms with Crippen LogP contribution < -0.4 is 5.32 Å². The van der Waals surface area contributed by atoms with E-state index in [2.05, 4.69) is 11.4 Å². The van der Waals surface area contributed by atoms with Crippen molar-refractivity contribution in [3.05, 3.63) is 64.1 Å². The number of benzene rings is 1. The minimum absolute atomic E-state index is 0.224. The molecule has 0 atom stereocenters. The Hall–Kier alpha value is -3.01. The highest BCUT2D eigenvalue weighted by atomic mass is 19.4. The fourth-order valence-corrected chi connectivity index (χ4v) is 3.18. The normalized spacial score (nSPS) is 13.0. The van der Waals surface area contributed by atoms with E-state index in [0.717, 1.165) is 23.5 Å². The first-order valence-electron chi connectivity index (χ1n) is 9.02. The number of amides is 1. The summed E-state index contributed by atoms with van der Waals surface area (Å²) in [6, 6.07) is 7.70. The lowest BCUT2D eigenvalue weighted by Crippen LogP contribution is -2.32. The van der Waals surface area contributed by atoms with Crippen molar-refractivity contribution >= 4 is 11.5 Å². The summed E-state index contributed by atoms with van der Waals surface area (Å²) in [5.74, 6) is -0.903. The second kappa shape index (κ2) is 7.78. The number of alkyl halides is 3. The number of nitrogens with one attached hydrogen (secondary N) is 1. The van der Waals surface area contributed by atoms with Crippen molar-refractivity contribution in [2.24, 2.45) is 12.5 Å². The summed E-state index contributed by atoms with van der Waals surface area (Å²) < 4.78 is 41.1. The van der Waals surface area contributed by atoms with Gasteiger partial charge in [-0.2, -0.15) is 18.4 Å². The highest BCUT2D eigenvalue weighted by Crippen LogP contribution is 2.34. The van der Waals surface area contributed by atoms with Gasteiger partial charge in [0, 0.05) is 30.6 Å². The maximum Gasteiger partial charge on any atom is 0.418 e. The third kappa shape index (κ3) is 5.08.